The van der Waals surface area contributed by atoms with Crippen molar-refractivity contribution in [2.75, 3.05) is 6.54 Å². The highest BCUT2D eigenvalue weighted by Gasteiger charge is 2.35. The highest BCUT2D eigenvalue weighted by molar-refractivity contribution is 5.73. The molecule has 0 saturated heterocycles. The lowest BCUT2D eigenvalue weighted by atomic mass is 10.0. The van der Waals surface area contributed by atoms with Gasteiger partial charge < -0.3 is 4.74 Å². The van der Waals surface area contributed by atoms with E-state index in [1.165, 1.54) is 6.08 Å². The van der Waals surface area contributed by atoms with Gasteiger partial charge in [0.05, 0.1) is 6.20 Å². The zero-order valence-electron chi connectivity index (χ0n) is 12.4. The number of aromatic amines is 1. The van der Waals surface area contributed by atoms with Crippen molar-refractivity contribution >= 4 is 5.57 Å². The van der Waals surface area contributed by atoms with Crippen LogP contribution < -0.4 is 9.88 Å². The second-order valence-corrected chi connectivity index (χ2v) is 5.34. The third-order valence-corrected chi connectivity index (χ3v) is 3.80. The number of aromatic nitrogens is 1. The number of quaternary nitrogens is 1. The Morgan fingerprint density at radius 2 is 1.91 bits per heavy atom. The molecule has 1 aromatic heterocycles. The fourth-order valence-electron chi connectivity index (χ4n) is 2.74. The topological polar surface area (TPSA) is 27.8 Å². The van der Waals surface area contributed by atoms with Crippen LogP contribution in [0.1, 0.15) is 18.4 Å². The molecule has 0 radical (unpaired) electrons. The van der Waals surface area contributed by atoms with Gasteiger partial charge in [-0.05, 0) is 35.8 Å². The van der Waals surface area contributed by atoms with E-state index < -0.39 is 6.36 Å². The molecule has 6 heteroatoms. The molecule has 0 aromatic carbocycles. The highest BCUT2D eigenvalue weighted by Crippen LogP contribution is 2.26. The van der Waals surface area contributed by atoms with E-state index >= 15 is 0 Å². The van der Waals surface area contributed by atoms with Gasteiger partial charge in [-0.2, -0.15) is 0 Å². The van der Waals surface area contributed by atoms with E-state index in [9.17, 15) is 13.2 Å². The van der Waals surface area contributed by atoms with Crippen LogP contribution in [0.5, 0.6) is 0 Å². The summed E-state index contributed by atoms with van der Waals surface area (Å²) in [4.78, 5) is 3.84. The predicted octanol–water partition coefficient (Wildman–Crippen LogP) is 2.39. The zero-order valence-corrected chi connectivity index (χ0v) is 12.4. The van der Waals surface area contributed by atoms with Crippen LogP contribution >= 0.6 is 0 Å². The van der Waals surface area contributed by atoms with Crippen LogP contribution in [0.25, 0.3) is 5.57 Å². The number of hydrogen-bond donors (Lipinski definition) is 1. The molecule has 2 N–H and O–H groups in total. The van der Waals surface area contributed by atoms with Gasteiger partial charge in [-0.1, -0.05) is 6.08 Å². The van der Waals surface area contributed by atoms with E-state index in [2.05, 4.69) is 9.72 Å². The predicted molar refractivity (Wildman–Crippen MR) is 78.5 cm³/mol. The normalized spacial score (nSPS) is 21.3. The largest absolute Gasteiger partial charge is 0.573 e. The van der Waals surface area contributed by atoms with Crippen molar-refractivity contribution in [3.8, 4) is 0 Å². The number of ether oxygens (including phenoxy) is 1. The van der Waals surface area contributed by atoms with Gasteiger partial charge >= 0.3 is 6.36 Å². The molecule has 0 saturated carbocycles. The molecule has 2 heterocycles. The van der Waals surface area contributed by atoms with Crippen LogP contribution in [-0.2, 0) is 4.74 Å². The molecule has 0 fully saturated rings. The average molecular weight is 322 g/mol. The van der Waals surface area contributed by atoms with Gasteiger partial charge in [0, 0.05) is 18.6 Å². The molecule has 1 unspecified atom stereocenters. The Morgan fingerprint density at radius 3 is 2.57 bits per heavy atom. The van der Waals surface area contributed by atoms with Gasteiger partial charge in [0.15, 0.2) is 23.8 Å². The maximum atomic E-state index is 12.5. The Bertz CT molecular complexity index is 688. The van der Waals surface area contributed by atoms with Gasteiger partial charge in [-0.15, -0.1) is 13.2 Å². The van der Waals surface area contributed by atoms with Crippen LogP contribution in [0.2, 0.25) is 0 Å². The number of halogens is 3. The molecule has 2 aliphatic rings. The Hall–Kier alpha value is -2.34. The molecule has 0 bridgehead atoms. The van der Waals surface area contributed by atoms with Crippen LogP contribution in [0, 0.1) is 0 Å². The number of allylic oxidation sites excluding steroid dienone is 5. The first-order chi connectivity index (χ1) is 11.0. The van der Waals surface area contributed by atoms with Crippen molar-refractivity contribution in [2.45, 2.75) is 19.2 Å². The minimum absolute atomic E-state index is 0.0884. The summed E-state index contributed by atoms with van der Waals surface area (Å²) in [5.41, 5.74) is 2.77. The van der Waals surface area contributed by atoms with Gasteiger partial charge in [0.2, 0.25) is 0 Å². The van der Waals surface area contributed by atoms with Crippen molar-refractivity contribution in [1.82, 2.24) is 0 Å². The van der Waals surface area contributed by atoms with Crippen molar-refractivity contribution < 1.29 is 27.8 Å². The molecule has 1 atom stereocenters. The number of alkyl halides is 3. The summed E-state index contributed by atoms with van der Waals surface area (Å²) >= 11 is 0. The standard InChI is InChI=1S/C17H15F3N2O/c18-17(19,20)23-16-4-2-1-3-15(16)22-11-7-14(8-12-22)13-5-9-21-10-6-13/h2,4-11H,1,3,12H2/p+2. The van der Waals surface area contributed by atoms with Gasteiger partial charge in [0.1, 0.15) is 6.54 Å². The lowest BCUT2D eigenvalue weighted by Gasteiger charge is -2.23. The molecule has 3 nitrogen and oxygen atoms in total. The summed E-state index contributed by atoms with van der Waals surface area (Å²) in [5, 5.41) is 0. The van der Waals surface area contributed by atoms with Crippen LogP contribution in [0.3, 0.4) is 0 Å². The summed E-state index contributed by atoms with van der Waals surface area (Å²) in [6, 6.07) is 3.92. The average Bonchev–Trinajstić information content (AvgIpc) is 2.55. The summed E-state index contributed by atoms with van der Waals surface area (Å²) in [5.74, 6) is -0.0884. The van der Waals surface area contributed by atoms with Crippen molar-refractivity contribution in [3.05, 3.63) is 72.1 Å². The minimum Gasteiger partial charge on any atom is -0.400 e. The Kier molecular flexibility index (Phi) is 4.34. The van der Waals surface area contributed by atoms with Crippen molar-refractivity contribution in [2.24, 2.45) is 0 Å². The van der Waals surface area contributed by atoms with Gasteiger partial charge in [0.25, 0.3) is 0 Å². The Labute approximate surface area is 132 Å². The van der Waals surface area contributed by atoms with Crippen LogP contribution in [-0.4, -0.2) is 12.9 Å². The van der Waals surface area contributed by atoms with Crippen LogP contribution in [0.4, 0.5) is 13.2 Å². The van der Waals surface area contributed by atoms with E-state index in [0.29, 0.717) is 18.7 Å². The molecule has 0 amide bonds. The summed E-state index contributed by atoms with van der Waals surface area (Å²) in [7, 11) is 0. The van der Waals surface area contributed by atoms with Gasteiger partial charge in [-0.3, -0.25) is 4.90 Å². The SMILES string of the molecule is FC(F)(F)OC1=C([NH+]2C=CC(c3cc[nH+]cc3)=CC2)CCC=C1. The van der Waals surface area contributed by atoms with E-state index in [0.717, 1.165) is 22.5 Å². The number of rotatable bonds is 3. The maximum Gasteiger partial charge on any atom is 0.573 e. The number of hydrogen-bond acceptors (Lipinski definition) is 1. The quantitative estimate of drug-likeness (QED) is 0.909. The van der Waals surface area contributed by atoms with Crippen LogP contribution in [0.15, 0.2) is 66.5 Å². The third kappa shape index (κ3) is 3.90. The maximum absolute atomic E-state index is 12.5. The fourth-order valence-corrected chi connectivity index (χ4v) is 2.74. The minimum atomic E-state index is -4.66. The van der Waals surface area contributed by atoms with E-state index in [-0.39, 0.29) is 5.76 Å². The van der Waals surface area contributed by atoms with E-state index in [1.807, 2.05) is 42.9 Å². The molecule has 1 aliphatic heterocycles. The highest BCUT2D eigenvalue weighted by atomic mass is 19.4. The molecule has 3 rings (SSSR count). The summed E-state index contributed by atoms with van der Waals surface area (Å²) in [6.45, 7) is 0.596. The first kappa shape index (κ1) is 15.6. The van der Waals surface area contributed by atoms with Crippen molar-refractivity contribution in [1.29, 1.82) is 0 Å². The zero-order chi connectivity index (χ0) is 16.3. The molecular formula is C17H17F3N2O+2. The number of H-pyrrole nitrogens is 1. The number of pyridine rings is 1. The molecular weight excluding hydrogens is 305 g/mol. The monoisotopic (exact) mass is 322 g/mol. The second kappa shape index (κ2) is 6.42. The van der Waals surface area contributed by atoms with E-state index in [1.54, 1.807) is 6.08 Å². The lowest BCUT2D eigenvalue weighted by molar-refractivity contribution is -0.801. The second-order valence-electron chi connectivity index (χ2n) is 5.34. The number of nitrogens with one attached hydrogen (secondary N) is 2. The lowest BCUT2D eigenvalue weighted by Crippen LogP contribution is -3.06. The molecule has 120 valence electrons. The Balaban J connectivity index is 1.79. The first-order valence-electron chi connectivity index (χ1n) is 7.39. The third-order valence-electron chi connectivity index (χ3n) is 3.80. The smallest absolute Gasteiger partial charge is 0.400 e. The first-order valence-corrected chi connectivity index (χ1v) is 7.39. The molecule has 1 aromatic rings. The van der Waals surface area contributed by atoms with Crippen molar-refractivity contribution in [3.63, 3.8) is 0 Å². The molecule has 0 spiro atoms. The molecule has 1 aliphatic carbocycles. The fraction of sp³-hybridized carbons (Fsp3) is 0.235. The Morgan fingerprint density at radius 1 is 1.13 bits per heavy atom. The van der Waals surface area contributed by atoms with E-state index in [4.69, 9.17) is 0 Å². The molecule has 23 heavy (non-hydrogen) atoms. The summed E-state index contributed by atoms with van der Waals surface area (Å²) < 4.78 is 41.8. The van der Waals surface area contributed by atoms with Gasteiger partial charge in [-0.25, -0.2) is 4.98 Å². The summed E-state index contributed by atoms with van der Waals surface area (Å²) in [6.07, 6.45) is 9.28.